The van der Waals surface area contributed by atoms with Gasteiger partial charge in [-0.25, -0.2) is 0 Å². The highest BCUT2D eigenvalue weighted by Crippen LogP contribution is 2.25. The Bertz CT molecular complexity index is 521. The molecule has 1 aromatic rings. The van der Waals surface area contributed by atoms with Crippen molar-refractivity contribution in [1.82, 2.24) is 5.32 Å². The predicted octanol–water partition coefficient (Wildman–Crippen LogP) is -0.982. The minimum atomic E-state index is -1.34. The third-order valence-electron chi connectivity index (χ3n) is 3.56. The van der Waals surface area contributed by atoms with E-state index in [-0.39, 0.29) is 0 Å². The van der Waals surface area contributed by atoms with Crippen molar-refractivity contribution in [3.8, 4) is 11.5 Å². The second-order valence-corrected chi connectivity index (χ2v) is 5.23. The summed E-state index contributed by atoms with van der Waals surface area (Å²) in [5.41, 5.74) is 0. The van der Waals surface area contributed by atoms with Crippen LogP contribution in [0, 0.1) is 0 Å². The summed E-state index contributed by atoms with van der Waals surface area (Å²) in [4.78, 5) is 11.3. The van der Waals surface area contributed by atoms with Crippen LogP contribution in [-0.4, -0.2) is 65.6 Å². The molecule has 128 valence electrons. The average molecular weight is 327 g/mol. The normalized spacial score (nSPS) is 30.6. The summed E-state index contributed by atoms with van der Waals surface area (Å²) in [6.07, 6.45) is -4.76. The lowest BCUT2D eigenvalue weighted by Crippen LogP contribution is -2.65. The van der Waals surface area contributed by atoms with Gasteiger partial charge >= 0.3 is 0 Å². The molecule has 1 aliphatic heterocycles. The summed E-state index contributed by atoms with van der Waals surface area (Å²) < 4.78 is 16.2. The summed E-state index contributed by atoms with van der Waals surface area (Å²) in [5, 5.41) is 31.8. The van der Waals surface area contributed by atoms with Gasteiger partial charge in [-0.15, -0.1) is 0 Å². The highest BCUT2D eigenvalue weighted by atomic mass is 16.7. The van der Waals surface area contributed by atoms with Gasteiger partial charge in [-0.3, -0.25) is 4.79 Å². The van der Waals surface area contributed by atoms with Gasteiger partial charge < -0.3 is 34.8 Å². The molecular weight excluding hydrogens is 306 g/mol. The summed E-state index contributed by atoms with van der Waals surface area (Å²) in [6.45, 7) is 0.787. The minimum Gasteiger partial charge on any atom is -0.497 e. The van der Waals surface area contributed by atoms with Crippen molar-refractivity contribution in [2.24, 2.45) is 0 Å². The largest absolute Gasteiger partial charge is 0.497 e. The van der Waals surface area contributed by atoms with Crippen LogP contribution in [0.25, 0.3) is 0 Å². The molecule has 0 spiro atoms. The van der Waals surface area contributed by atoms with Crippen LogP contribution >= 0.6 is 0 Å². The van der Waals surface area contributed by atoms with E-state index in [9.17, 15) is 20.1 Å². The second-order valence-electron chi connectivity index (χ2n) is 5.23. The number of aliphatic hydroxyl groups is 3. The SMILES string of the molecule is COc1ccc(OC2OC(CO)C(O)C(O)C2NC(C)=O)cc1. The quantitative estimate of drug-likeness (QED) is 0.549. The molecule has 0 aromatic heterocycles. The van der Waals surface area contributed by atoms with Crippen LogP contribution in [0.2, 0.25) is 0 Å². The van der Waals surface area contributed by atoms with Crippen molar-refractivity contribution in [3.63, 3.8) is 0 Å². The van der Waals surface area contributed by atoms with Crippen LogP contribution in [0.3, 0.4) is 0 Å². The third kappa shape index (κ3) is 4.11. The van der Waals surface area contributed by atoms with E-state index >= 15 is 0 Å². The molecule has 4 N–H and O–H groups in total. The highest BCUT2D eigenvalue weighted by molar-refractivity contribution is 5.73. The Kier molecular flexibility index (Phi) is 5.78. The lowest BCUT2D eigenvalue weighted by molar-refractivity contribution is -0.244. The summed E-state index contributed by atoms with van der Waals surface area (Å²) in [7, 11) is 1.54. The number of ether oxygens (including phenoxy) is 3. The molecule has 5 atom stereocenters. The Morgan fingerprint density at radius 3 is 2.35 bits per heavy atom. The molecular formula is C15H21NO7. The number of aliphatic hydroxyl groups excluding tert-OH is 3. The zero-order chi connectivity index (χ0) is 17.0. The molecule has 1 amide bonds. The van der Waals surface area contributed by atoms with Gasteiger partial charge in [-0.05, 0) is 24.3 Å². The van der Waals surface area contributed by atoms with E-state index in [1.54, 1.807) is 24.3 Å². The molecule has 1 aromatic carbocycles. The molecule has 0 aliphatic carbocycles. The first-order valence-corrected chi connectivity index (χ1v) is 7.16. The van der Waals surface area contributed by atoms with Crippen LogP contribution < -0.4 is 14.8 Å². The Morgan fingerprint density at radius 1 is 1.22 bits per heavy atom. The molecule has 0 bridgehead atoms. The monoisotopic (exact) mass is 327 g/mol. The van der Waals surface area contributed by atoms with E-state index in [4.69, 9.17) is 14.2 Å². The topological polar surface area (TPSA) is 117 Å². The summed E-state index contributed by atoms with van der Waals surface area (Å²) in [5.74, 6) is 0.658. The predicted molar refractivity (Wildman–Crippen MR) is 79.0 cm³/mol. The Balaban J connectivity index is 2.17. The first-order chi connectivity index (χ1) is 11.0. The lowest BCUT2D eigenvalue weighted by atomic mass is 9.97. The highest BCUT2D eigenvalue weighted by Gasteiger charge is 2.46. The van der Waals surface area contributed by atoms with Crippen LogP contribution in [-0.2, 0) is 9.53 Å². The van der Waals surface area contributed by atoms with Gasteiger partial charge in [-0.1, -0.05) is 0 Å². The molecule has 0 saturated carbocycles. The van der Waals surface area contributed by atoms with Crippen LogP contribution in [0.4, 0.5) is 0 Å². The zero-order valence-electron chi connectivity index (χ0n) is 12.9. The first kappa shape index (κ1) is 17.5. The van der Waals surface area contributed by atoms with Crippen LogP contribution in [0.5, 0.6) is 11.5 Å². The fourth-order valence-corrected chi connectivity index (χ4v) is 2.36. The minimum absolute atomic E-state index is 0.407. The molecule has 8 heteroatoms. The number of methoxy groups -OCH3 is 1. The maximum Gasteiger partial charge on any atom is 0.223 e. The molecule has 8 nitrogen and oxygen atoms in total. The number of benzene rings is 1. The van der Waals surface area contributed by atoms with Crippen molar-refractivity contribution >= 4 is 5.91 Å². The Hall–Kier alpha value is -1.87. The number of nitrogens with one attached hydrogen (secondary N) is 1. The summed E-state index contributed by atoms with van der Waals surface area (Å²) in [6, 6.07) is 5.66. The third-order valence-corrected chi connectivity index (χ3v) is 3.56. The average Bonchev–Trinajstić information content (AvgIpc) is 2.54. The van der Waals surface area contributed by atoms with E-state index in [0.29, 0.717) is 11.5 Å². The van der Waals surface area contributed by atoms with Crippen molar-refractivity contribution in [3.05, 3.63) is 24.3 Å². The van der Waals surface area contributed by atoms with Crippen LogP contribution in [0.1, 0.15) is 6.92 Å². The maximum atomic E-state index is 11.3. The van der Waals surface area contributed by atoms with Crippen molar-refractivity contribution < 1.29 is 34.3 Å². The number of carbonyl (C=O) groups is 1. The first-order valence-electron chi connectivity index (χ1n) is 7.16. The van der Waals surface area contributed by atoms with E-state index in [1.165, 1.54) is 14.0 Å². The van der Waals surface area contributed by atoms with Gasteiger partial charge in [0.25, 0.3) is 0 Å². The van der Waals surface area contributed by atoms with Crippen molar-refractivity contribution in [2.75, 3.05) is 13.7 Å². The molecule has 1 saturated heterocycles. The van der Waals surface area contributed by atoms with Crippen molar-refractivity contribution in [1.29, 1.82) is 0 Å². The fourth-order valence-electron chi connectivity index (χ4n) is 2.36. The Morgan fingerprint density at radius 2 is 1.83 bits per heavy atom. The van der Waals surface area contributed by atoms with E-state index < -0.39 is 43.2 Å². The summed E-state index contributed by atoms with van der Waals surface area (Å²) >= 11 is 0. The molecule has 0 radical (unpaired) electrons. The Labute approximate surface area is 133 Å². The van der Waals surface area contributed by atoms with Crippen LogP contribution in [0.15, 0.2) is 24.3 Å². The molecule has 23 heavy (non-hydrogen) atoms. The van der Waals surface area contributed by atoms with Gasteiger partial charge in [0.05, 0.1) is 13.7 Å². The van der Waals surface area contributed by atoms with Gasteiger partial charge in [0.1, 0.15) is 35.9 Å². The smallest absolute Gasteiger partial charge is 0.223 e. The van der Waals surface area contributed by atoms with E-state index in [0.717, 1.165) is 0 Å². The van der Waals surface area contributed by atoms with Crippen molar-refractivity contribution in [2.45, 2.75) is 37.6 Å². The number of rotatable bonds is 5. The van der Waals surface area contributed by atoms with Gasteiger partial charge in [-0.2, -0.15) is 0 Å². The zero-order valence-corrected chi connectivity index (χ0v) is 12.9. The molecule has 2 rings (SSSR count). The molecule has 1 fully saturated rings. The number of hydrogen-bond acceptors (Lipinski definition) is 7. The molecule has 1 heterocycles. The number of hydrogen-bond donors (Lipinski definition) is 4. The fraction of sp³-hybridized carbons (Fsp3) is 0.533. The standard InChI is InChI=1S/C15H21NO7/c1-8(18)16-12-14(20)13(19)11(7-17)23-15(12)22-10-5-3-9(21-2)4-6-10/h3-6,11-15,17,19-20H,7H2,1-2H3,(H,16,18). The van der Waals surface area contributed by atoms with E-state index in [1.807, 2.05) is 0 Å². The maximum absolute atomic E-state index is 11.3. The van der Waals surface area contributed by atoms with E-state index in [2.05, 4.69) is 5.32 Å². The molecule has 5 unspecified atom stereocenters. The molecule has 1 aliphatic rings. The van der Waals surface area contributed by atoms with Gasteiger partial charge in [0.15, 0.2) is 0 Å². The lowest BCUT2D eigenvalue weighted by Gasteiger charge is -2.42. The number of amides is 1. The second kappa shape index (κ2) is 7.60. The van der Waals surface area contributed by atoms with Gasteiger partial charge in [0, 0.05) is 6.92 Å². The van der Waals surface area contributed by atoms with Gasteiger partial charge in [0.2, 0.25) is 12.2 Å². The number of carbonyl (C=O) groups excluding carboxylic acids is 1.